The number of hydrogen-bond acceptors (Lipinski definition) is 3. The zero-order chi connectivity index (χ0) is 14.8. The Morgan fingerprint density at radius 3 is 2.42 bits per heavy atom. The molecular weight excluding hydrogens is 307 g/mol. The van der Waals surface area contributed by atoms with E-state index in [2.05, 4.69) is 0 Å². The third-order valence-corrected chi connectivity index (χ3v) is 4.47. The highest BCUT2D eigenvalue weighted by molar-refractivity contribution is 7.89. The van der Waals surface area contributed by atoms with Gasteiger partial charge in [-0.15, -0.1) is 0 Å². The summed E-state index contributed by atoms with van der Waals surface area (Å²) >= 11 is 5.68. The SMILES string of the molecule is CN(CC(F)(F)F)S(=O)(=O)c1ccc(Cl)c(CO)c1. The van der Waals surface area contributed by atoms with E-state index in [0.29, 0.717) is 0 Å². The van der Waals surface area contributed by atoms with E-state index in [1.165, 1.54) is 6.07 Å². The third-order valence-electron chi connectivity index (χ3n) is 2.30. The molecule has 1 aromatic carbocycles. The molecule has 108 valence electrons. The van der Waals surface area contributed by atoms with Crippen LogP contribution in [0.15, 0.2) is 23.1 Å². The molecule has 0 radical (unpaired) electrons. The van der Waals surface area contributed by atoms with E-state index in [-0.39, 0.29) is 19.8 Å². The van der Waals surface area contributed by atoms with Crippen molar-refractivity contribution in [2.24, 2.45) is 0 Å². The van der Waals surface area contributed by atoms with Crippen LogP contribution >= 0.6 is 11.6 Å². The van der Waals surface area contributed by atoms with Crippen LogP contribution in [0.4, 0.5) is 13.2 Å². The zero-order valence-electron chi connectivity index (χ0n) is 9.78. The van der Waals surface area contributed by atoms with Gasteiger partial charge in [-0.05, 0) is 23.8 Å². The zero-order valence-corrected chi connectivity index (χ0v) is 11.3. The first-order valence-electron chi connectivity index (χ1n) is 5.00. The van der Waals surface area contributed by atoms with Crippen molar-refractivity contribution in [1.29, 1.82) is 0 Å². The number of aliphatic hydroxyl groups is 1. The third kappa shape index (κ3) is 4.07. The molecule has 0 aromatic heterocycles. The maximum atomic E-state index is 12.2. The van der Waals surface area contributed by atoms with Gasteiger partial charge in [-0.3, -0.25) is 0 Å². The second-order valence-corrected chi connectivity index (χ2v) is 6.24. The molecule has 0 atom stereocenters. The Balaban J connectivity index is 3.13. The van der Waals surface area contributed by atoms with Crippen molar-refractivity contribution in [1.82, 2.24) is 4.31 Å². The van der Waals surface area contributed by atoms with Gasteiger partial charge in [-0.25, -0.2) is 8.42 Å². The van der Waals surface area contributed by atoms with Crippen molar-refractivity contribution < 1.29 is 26.7 Å². The van der Waals surface area contributed by atoms with E-state index < -0.39 is 29.4 Å². The van der Waals surface area contributed by atoms with E-state index in [9.17, 15) is 21.6 Å². The lowest BCUT2D eigenvalue weighted by Crippen LogP contribution is -2.35. The lowest BCUT2D eigenvalue weighted by molar-refractivity contribution is -0.134. The standard InChI is InChI=1S/C10H11ClF3NO3S/c1-15(6-10(12,13)14)19(17,18)8-2-3-9(11)7(4-8)5-16/h2-4,16H,5-6H2,1H3. The fourth-order valence-electron chi connectivity index (χ4n) is 1.35. The maximum Gasteiger partial charge on any atom is 0.402 e. The molecule has 0 unspecified atom stereocenters. The highest BCUT2D eigenvalue weighted by Crippen LogP contribution is 2.24. The van der Waals surface area contributed by atoms with E-state index in [0.717, 1.165) is 19.2 Å². The van der Waals surface area contributed by atoms with Gasteiger partial charge in [0.1, 0.15) is 6.54 Å². The number of nitrogens with zero attached hydrogens (tertiary/aromatic N) is 1. The molecule has 0 spiro atoms. The quantitative estimate of drug-likeness (QED) is 0.924. The number of sulfonamides is 1. The van der Waals surface area contributed by atoms with Gasteiger partial charge in [0.05, 0.1) is 11.5 Å². The van der Waals surface area contributed by atoms with Crippen LogP contribution in [0.2, 0.25) is 5.02 Å². The minimum Gasteiger partial charge on any atom is -0.392 e. The Morgan fingerprint density at radius 1 is 1.37 bits per heavy atom. The molecule has 1 N–H and O–H groups in total. The van der Waals surface area contributed by atoms with Gasteiger partial charge in [-0.1, -0.05) is 11.6 Å². The van der Waals surface area contributed by atoms with Crippen molar-refractivity contribution >= 4 is 21.6 Å². The first-order chi connectivity index (χ1) is 8.58. The minimum absolute atomic E-state index is 0.128. The van der Waals surface area contributed by atoms with Gasteiger partial charge in [0.15, 0.2) is 0 Å². The highest BCUT2D eigenvalue weighted by atomic mass is 35.5. The molecule has 4 nitrogen and oxygen atoms in total. The van der Waals surface area contributed by atoms with Gasteiger partial charge < -0.3 is 5.11 Å². The molecule has 0 aliphatic carbocycles. The van der Waals surface area contributed by atoms with Gasteiger partial charge in [-0.2, -0.15) is 17.5 Å². The molecule has 1 rings (SSSR count). The minimum atomic E-state index is -4.63. The molecule has 1 aromatic rings. The molecule has 0 amide bonds. The second kappa shape index (κ2) is 5.66. The predicted octanol–water partition coefficient (Wildman–Crippen LogP) is 2.02. The van der Waals surface area contributed by atoms with E-state index in [4.69, 9.17) is 16.7 Å². The molecule has 19 heavy (non-hydrogen) atoms. The number of hydrogen-bond donors (Lipinski definition) is 1. The molecule has 0 aliphatic heterocycles. The summed E-state index contributed by atoms with van der Waals surface area (Å²) in [4.78, 5) is -0.354. The summed E-state index contributed by atoms with van der Waals surface area (Å²) in [6, 6.07) is 3.34. The summed E-state index contributed by atoms with van der Waals surface area (Å²) in [5.41, 5.74) is 0.128. The molecule has 9 heteroatoms. The Hall–Kier alpha value is -0.830. The van der Waals surface area contributed by atoms with Crippen molar-refractivity contribution in [3.63, 3.8) is 0 Å². The van der Waals surface area contributed by atoms with Crippen LogP contribution in [0.1, 0.15) is 5.56 Å². The summed E-state index contributed by atoms with van der Waals surface area (Å²) < 4.78 is 60.6. The number of aliphatic hydroxyl groups excluding tert-OH is 1. The average molecular weight is 318 g/mol. The number of benzene rings is 1. The van der Waals surface area contributed by atoms with Crippen LogP contribution in [-0.2, 0) is 16.6 Å². The van der Waals surface area contributed by atoms with Crippen LogP contribution in [-0.4, -0.2) is 37.6 Å². The normalized spacial score (nSPS) is 13.0. The van der Waals surface area contributed by atoms with Crippen LogP contribution in [0.3, 0.4) is 0 Å². The van der Waals surface area contributed by atoms with Crippen LogP contribution in [0.5, 0.6) is 0 Å². The number of rotatable bonds is 4. The van der Waals surface area contributed by atoms with Crippen molar-refractivity contribution in [3.8, 4) is 0 Å². The van der Waals surface area contributed by atoms with E-state index in [1.807, 2.05) is 0 Å². The van der Waals surface area contributed by atoms with Crippen LogP contribution < -0.4 is 0 Å². The average Bonchev–Trinajstić information content (AvgIpc) is 2.27. The molecule has 0 aliphatic rings. The smallest absolute Gasteiger partial charge is 0.392 e. The van der Waals surface area contributed by atoms with Crippen molar-refractivity contribution in [3.05, 3.63) is 28.8 Å². The van der Waals surface area contributed by atoms with Crippen LogP contribution in [0, 0.1) is 0 Å². The van der Waals surface area contributed by atoms with Crippen LogP contribution in [0.25, 0.3) is 0 Å². The molecular formula is C10H11ClF3NO3S. The number of halogens is 4. The monoisotopic (exact) mass is 317 g/mol. The topological polar surface area (TPSA) is 57.6 Å². The Labute approximate surface area is 113 Å². The van der Waals surface area contributed by atoms with E-state index in [1.54, 1.807) is 0 Å². The Bertz CT molecular complexity index is 560. The van der Waals surface area contributed by atoms with Crippen molar-refractivity contribution in [2.45, 2.75) is 17.7 Å². The largest absolute Gasteiger partial charge is 0.402 e. The van der Waals surface area contributed by atoms with Gasteiger partial charge in [0.25, 0.3) is 0 Å². The molecule has 0 saturated carbocycles. The fraction of sp³-hybridized carbons (Fsp3) is 0.400. The fourth-order valence-corrected chi connectivity index (χ4v) is 2.73. The molecule has 0 heterocycles. The number of alkyl halides is 3. The highest BCUT2D eigenvalue weighted by Gasteiger charge is 2.34. The summed E-state index contributed by atoms with van der Waals surface area (Å²) in [5, 5.41) is 9.10. The molecule has 0 bridgehead atoms. The molecule has 0 fully saturated rings. The summed E-state index contributed by atoms with van der Waals surface area (Å²) in [7, 11) is -3.45. The summed E-state index contributed by atoms with van der Waals surface area (Å²) in [6.07, 6.45) is -4.63. The summed E-state index contributed by atoms with van der Waals surface area (Å²) in [5.74, 6) is 0. The second-order valence-electron chi connectivity index (χ2n) is 3.79. The lowest BCUT2D eigenvalue weighted by Gasteiger charge is -2.19. The van der Waals surface area contributed by atoms with Gasteiger partial charge in [0.2, 0.25) is 10.0 Å². The first-order valence-corrected chi connectivity index (χ1v) is 6.82. The van der Waals surface area contributed by atoms with Gasteiger partial charge >= 0.3 is 6.18 Å². The summed E-state index contributed by atoms with van der Waals surface area (Å²) in [6.45, 7) is -2.10. The Kier molecular flexibility index (Phi) is 4.83. The maximum absolute atomic E-state index is 12.2. The van der Waals surface area contributed by atoms with Gasteiger partial charge in [0, 0.05) is 12.1 Å². The predicted molar refractivity (Wildman–Crippen MR) is 63.2 cm³/mol. The Morgan fingerprint density at radius 2 is 1.95 bits per heavy atom. The van der Waals surface area contributed by atoms with E-state index >= 15 is 0 Å². The lowest BCUT2D eigenvalue weighted by atomic mass is 10.2. The van der Waals surface area contributed by atoms with Crippen molar-refractivity contribution in [2.75, 3.05) is 13.6 Å². The molecule has 0 saturated heterocycles. The first kappa shape index (κ1) is 16.2.